The molecule has 1 aromatic heterocycles. The molecule has 120 valence electrons. The first-order valence-electron chi connectivity index (χ1n) is 8.26. The highest BCUT2D eigenvalue weighted by Crippen LogP contribution is 2.50. The Hall–Kier alpha value is -1.81. The molecule has 2 aliphatic rings. The predicted octanol–water partition coefficient (Wildman–Crippen LogP) is 3.57. The molecule has 1 saturated carbocycles. The van der Waals surface area contributed by atoms with Gasteiger partial charge in [0.15, 0.2) is 0 Å². The molecular weight excluding hydrogens is 310 g/mol. The Morgan fingerprint density at radius 2 is 2.17 bits per heavy atom. The third-order valence-corrected chi connectivity index (χ3v) is 5.45. The molecule has 0 unspecified atom stereocenters. The number of nitrogens with zero attached hydrogens (tertiary/aromatic N) is 2. The molecule has 3 atom stereocenters. The Labute approximate surface area is 140 Å². The van der Waals surface area contributed by atoms with Crippen molar-refractivity contribution in [2.24, 2.45) is 5.92 Å². The number of carbonyl (C=O) groups excluding carboxylic acids is 1. The van der Waals surface area contributed by atoms with Crippen molar-refractivity contribution in [3.8, 4) is 0 Å². The van der Waals surface area contributed by atoms with Crippen molar-refractivity contribution in [3.63, 3.8) is 0 Å². The zero-order valence-corrected chi connectivity index (χ0v) is 13.7. The molecule has 1 N–H and O–H groups in total. The second-order valence-electron chi connectivity index (χ2n) is 6.61. The number of aromatic nitrogens is 2. The van der Waals surface area contributed by atoms with E-state index in [1.54, 1.807) is 6.20 Å². The van der Waals surface area contributed by atoms with Gasteiger partial charge >= 0.3 is 0 Å². The maximum atomic E-state index is 12.8. The number of H-pyrrole nitrogens is 1. The zero-order chi connectivity index (χ0) is 15.8. The van der Waals surface area contributed by atoms with E-state index in [0.29, 0.717) is 17.7 Å². The lowest BCUT2D eigenvalue weighted by molar-refractivity contribution is -0.133. The minimum Gasteiger partial charge on any atom is -0.342 e. The van der Waals surface area contributed by atoms with E-state index in [9.17, 15) is 4.79 Å². The van der Waals surface area contributed by atoms with Crippen LogP contribution in [0.15, 0.2) is 36.5 Å². The van der Waals surface area contributed by atoms with E-state index in [1.807, 2.05) is 35.2 Å². The molecule has 1 aromatic carbocycles. The normalized spacial score (nSPS) is 27.0. The molecule has 1 saturated heterocycles. The maximum absolute atomic E-state index is 12.8. The van der Waals surface area contributed by atoms with Crippen LogP contribution in [0.1, 0.15) is 42.4 Å². The largest absolute Gasteiger partial charge is 0.342 e. The Balaban J connectivity index is 1.43. The Morgan fingerprint density at radius 1 is 1.30 bits per heavy atom. The van der Waals surface area contributed by atoms with Gasteiger partial charge in [0.25, 0.3) is 0 Å². The van der Waals surface area contributed by atoms with Crippen molar-refractivity contribution in [2.45, 2.75) is 31.1 Å². The summed E-state index contributed by atoms with van der Waals surface area (Å²) < 4.78 is 0. The van der Waals surface area contributed by atoms with Crippen LogP contribution >= 0.6 is 11.6 Å². The van der Waals surface area contributed by atoms with Crippen molar-refractivity contribution in [2.75, 3.05) is 13.1 Å². The number of hydrogen-bond acceptors (Lipinski definition) is 2. The SMILES string of the molecule is O=C([C@@H]1C[C@H]1c1ccccc1Cl)N1CCC[C@@H](c2ccn[nH]2)C1. The fourth-order valence-corrected chi connectivity index (χ4v) is 4.02. The van der Waals surface area contributed by atoms with Crippen LogP contribution in [0.2, 0.25) is 5.02 Å². The number of halogens is 1. The molecule has 1 amide bonds. The number of hydrogen-bond donors (Lipinski definition) is 1. The van der Waals surface area contributed by atoms with Gasteiger partial charge in [-0.15, -0.1) is 0 Å². The Kier molecular flexibility index (Phi) is 3.85. The van der Waals surface area contributed by atoms with Crippen molar-refractivity contribution < 1.29 is 4.79 Å². The molecule has 0 bridgehead atoms. The molecule has 5 heteroatoms. The topological polar surface area (TPSA) is 49.0 Å². The van der Waals surface area contributed by atoms with Gasteiger partial charge in [-0.05, 0) is 42.9 Å². The van der Waals surface area contributed by atoms with Gasteiger partial charge in [0, 0.05) is 41.8 Å². The predicted molar refractivity (Wildman–Crippen MR) is 89.4 cm³/mol. The summed E-state index contributed by atoms with van der Waals surface area (Å²) in [5.74, 6) is 1.07. The van der Waals surface area contributed by atoms with Crippen LogP contribution in [-0.4, -0.2) is 34.1 Å². The zero-order valence-electron chi connectivity index (χ0n) is 12.9. The monoisotopic (exact) mass is 329 g/mol. The number of likely N-dealkylation sites (tertiary alicyclic amines) is 1. The van der Waals surface area contributed by atoms with Gasteiger partial charge in [-0.2, -0.15) is 5.10 Å². The Morgan fingerprint density at radius 3 is 2.96 bits per heavy atom. The average molecular weight is 330 g/mol. The van der Waals surface area contributed by atoms with Gasteiger partial charge in [0.05, 0.1) is 0 Å². The number of carbonyl (C=O) groups is 1. The Bertz CT molecular complexity index is 700. The van der Waals surface area contributed by atoms with Crippen molar-refractivity contribution in [3.05, 3.63) is 52.8 Å². The smallest absolute Gasteiger partial charge is 0.226 e. The second-order valence-corrected chi connectivity index (χ2v) is 7.01. The highest BCUT2D eigenvalue weighted by atomic mass is 35.5. The lowest BCUT2D eigenvalue weighted by Crippen LogP contribution is -2.40. The van der Waals surface area contributed by atoms with E-state index >= 15 is 0 Å². The molecule has 2 fully saturated rings. The molecule has 2 aromatic rings. The van der Waals surface area contributed by atoms with Gasteiger partial charge in [-0.1, -0.05) is 29.8 Å². The number of rotatable bonds is 3. The molecular formula is C18H20ClN3O. The molecule has 4 nitrogen and oxygen atoms in total. The summed E-state index contributed by atoms with van der Waals surface area (Å²) in [6.07, 6.45) is 4.88. The maximum Gasteiger partial charge on any atom is 0.226 e. The number of aromatic amines is 1. The van der Waals surface area contributed by atoms with Crippen molar-refractivity contribution in [1.29, 1.82) is 0 Å². The third-order valence-electron chi connectivity index (χ3n) is 5.11. The molecule has 0 spiro atoms. The lowest BCUT2D eigenvalue weighted by atomic mass is 9.94. The molecule has 2 heterocycles. The number of piperidine rings is 1. The van der Waals surface area contributed by atoms with E-state index < -0.39 is 0 Å². The van der Waals surface area contributed by atoms with E-state index in [4.69, 9.17) is 11.6 Å². The van der Waals surface area contributed by atoms with Gasteiger partial charge in [0.1, 0.15) is 0 Å². The van der Waals surface area contributed by atoms with E-state index in [-0.39, 0.29) is 5.92 Å². The molecule has 1 aliphatic carbocycles. The van der Waals surface area contributed by atoms with Gasteiger partial charge < -0.3 is 4.90 Å². The van der Waals surface area contributed by atoms with Crippen LogP contribution in [0.5, 0.6) is 0 Å². The summed E-state index contributed by atoms with van der Waals surface area (Å²) in [7, 11) is 0. The van der Waals surface area contributed by atoms with E-state index in [0.717, 1.165) is 48.6 Å². The first-order chi connectivity index (χ1) is 11.2. The minimum atomic E-state index is 0.107. The van der Waals surface area contributed by atoms with Gasteiger partial charge in [-0.3, -0.25) is 9.89 Å². The van der Waals surface area contributed by atoms with Gasteiger partial charge in [-0.25, -0.2) is 0 Å². The number of amides is 1. The van der Waals surface area contributed by atoms with Crippen molar-refractivity contribution in [1.82, 2.24) is 15.1 Å². The van der Waals surface area contributed by atoms with E-state index in [1.165, 1.54) is 0 Å². The highest BCUT2D eigenvalue weighted by Gasteiger charge is 2.47. The van der Waals surface area contributed by atoms with E-state index in [2.05, 4.69) is 10.2 Å². The highest BCUT2D eigenvalue weighted by molar-refractivity contribution is 6.31. The van der Waals surface area contributed by atoms with Crippen LogP contribution in [0.4, 0.5) is 0 Å². The van der Waals surface area contributed by atoms with Crippen LogP contribution in [-0.2, 0) is 4.79 Å². The van der Waals surface area contributed by atoms with Crippen LogP contribution in [0.25, 0.3) is 0 Å². The minimum absolute atomic E-state index is 0.107. The summed E-state index contributed by atoms with van der Waals surface area (Å²) >= 11 is 6.27. The fraction of sp³-hybridized carbons (Fsp3) is 0.444. The summed E-state index contributed by atoms with van der Waals surface area (Å²) in [6.45, 7) is 1.67. The average Bonchev–Trinajstić information content (AvgIpc) is 3.17. The summed E-state index contributed by atoms with van der Waals surface area (Å²) in [5.41, 5.74) is 2.26. The summed E-state index contributed by atoms with van der Waals surface area (Å²) in [4.78, 5) is 14.9. The van der Waals surface area contributed by atoms with Crippen LogP contribution < -0.4 is 0 Å². The summed E-state index contributed by atoms with van der Waals surface area (Å²) in [5, 5.41) is 7.86. The quantitative estimate of drug-likeness (QED) is 0.935. The molecule has 23 heavy (non-hydrogen) atoms. The second kappa shape index (κ2) is 6.00. The lowest BCUT2D eigenvalue weighted by Gasteiger charge is -2.32. The fourth-order valence-electron chi connectivity index (χ4n) is 3.75. The van der Waals surface area contributed by atoms with Crippen LogP contribution in [0, 0.1) is 5.92 Å². The summed E-state index contributed by atoms with van der Waals surface area (Å²) in [6, 6.07) is 9.90. The van der Waals surface area contributed by atoms with Crippen LogP contribution in [0.3, 0.4) is 0 Å². The molecule has 4 rings (SSSR count). The first-order valence-corrected chi connectivity index (χ1v) is 8.64. The standard InChI is InChI=1S/C18H20ClN3O/c19-16-6-2-1-5-13(16)14-10-15(14)18(23)22-9-3-4-12(11-22)17-7-8-20-21-17/h1-2,5-8,12,14-15H,3-4,9-11H2,(H,20,21)/t12-,14+,15-/m1/s1. The molecule has 1 aliphatic heterocycles. The number of nitrogens with one attached hydrogen (secondary N) is 1. The van der Waals surface area contributed by atoms with Gasteiger partial charge in [0.2, 0.25) is 5.91 Å². The number of benzene rings is 1. The molecule has 0 radical (unpaired) electrons. The van der Waals surface area contributed by atoms with Crippen molar-refractivity contribution >= 4 is 17.5 Å². The first kappa shape index (κ1) is 14.8. The third kappa shape index (κ3) is 2.88.